The molecule has 1 aliphatic rings. The fourth-order valence-electron chi connectivity index (χ4n) is 2.77. The highest BCUT2D eigenvalue weighted by atomic mass is 16.5. The van der Waals surface area contributed by atoms with Crippen LogP contribution in [0.2, 0.25) is 0 Å². The molecule has 1 fully saturated rings. The maximum Gasteiger partial charge on any atom is 0.249 e. The average Bonchev–Trinajstić information content (AvgIpc) is 3.33. The Labute approximate surface area is 147 Å². The highest BCUT2D eigenvalue weighted by molar-refractivity contribution is 5.80. The molecule has 0 spiro atoms. The van der Waals surface area contributed by atoms with Crippen LogP contribution in [0.1, 0.15) is 38.3 Å². The summed E-state index contributed by atoms with van der Waals surface area (Å²) in [6.45, 7) is 4.98. The topological polar surface area (TPSA) is 78.3 Å². The first-order chi connectivity index (χ1) is 12.1. The summed E-state index contributed by atoms with van der Waals surface area (Å²) in [5, 5.41) is 7.08. The lowest BCUT2D eigenvalue weighted by atomic mass is 10.1. The second kappa shape index (κ2) is 8.22. The predicted octanol–water partition coefficient (Wildman–Crippen LogP) is 2.03. The van der Waals surface area contributed by atoms with Crippen LogP contribution in [0.15, 0.2) is 36.9 Å². The van der Waals surface area contributed by atoms with Crippen LogP contribution in [0.25, 0.3) is 5.69 Å². The molecular weight excluding hydrogens is 320 g/mol. The molecule has 0 aliphatic carbocycles. The number of carbonyl (C=O) groups excluding carboxylic acids is 1. The van der Waals surface area contributed by atoms with Gasteiger partial charge in [-0.2, -0.15) is 5.10 Å². The zero-order chi connectivity index (χ0) is 17.6. The van der Waals surface area contributed by atoms with Crippen molar-refractivity contribution in [1.82, 2.24) is 20.1 Å². The number of benzene rings is 1. The summed E-state index contributed by atoms with van der Waals surface area (Å²) < 4.78 is 12.8. The van der Waals surface area contributed by atoms with Crippen molar-refractivity contribution in [3.63, 3.8) is 0 Å². The molecule has 1 amide bonds. The van der Waals surface area contributed by atoms with E-state index >= 15 is 0 Å². The van der Waals surface area contributed by atoms with Crippen molar-refractivity contribution in [2.75, 3.05) is 13.2 Å². The summed E-state index contributed by atoms with van der Waals surface area (Å²) in [6, 6.07) is 7.74. The molecule has 1 aromatic carbocycles. The van der Waals surface area contributed by atoms with E-state index in [1.54, 1.807) is 17.9 Å². The summed E-state index contributed by atoms with van der Waals surface area (Å²) >= 11 is 0. The first-order valence-electron chi connectivity index (χ1n) is 8.62. The Morgan fingerprint density at radius 2 is 2.20 bits per heavy atom. The van der Waals surface area contributed by atoms with Crippen molar-refractivity contribution in [3.05, 3.63) is 42.5 Å². The van der Waals surface area contributed by atoms with Crippen LogP contribution in [0.5, 0.6) is 0 Å². The van der Waals surface area contributed by atoms with Gasteiger partial charge in [0.1, 0.15) is 18.8 Å². The van der Waals surface area contributed by atoms with Crippen molar-refractivity contribution in [3.8, 4) is 5.69 Å². The average molecular weight is 344 g/mol. The standard InChI is InChI=1S/C18H24N4O3/c1-13(15-5-7-16(8-6-15)22-12-19-11-20-22)21-18(23)14(2)25-10-17-4-3-9-24-17/h5-8,11-14,17H,3-4,9-10H2,1-2H3,(H,21,23)/t13-,14-,17-/m0/s1. The van der Waals surface area contributed by atoms with Crippen LogP contribution >= 0.6 is 0 Å². The molecule has 25 heavy (non-hydrogen) atoms. The van der Waals surface area contributed by atoms with E-state index in [0.29, 0.717) is 6.61 Å². The number of carbonyl (C=O) groups is 1. The number of ether oxygens (including phenoxy) is 2. The smallest absolute Gasteiger partial charge is 0.249 e. The van der Waals surface area contributed by atoms with Crippen LogP contribution in [0.3, 0.4) is 0 Å². The minimum Gasteiger partial charge on any atom is -0.376 e. The van der Waals surface area contributed by atoms with Crippen molar-refractivity contribution in [2.24, 2.45) is 0 Å². The second-order valence-corrected chi connectivity index (χ2v) is 6.27. The van der Waals surface area contributed by atoms with E-state index in [2.05, 4.69) is 15.4 Å². The van der Waals surface area contributed by atoms with Crippen LogP contribution in [-0.2, 0) is 14.3 Å². The normalized spacial score (nSPS) is 19.5. The van der Waals surface area contributed by atoms with E-state index in [4.69, 9.17) is 9.47 Å². The highest BCUT2D eigenvalue weighted by Gasteiger charge is 2.21. The van der Waals surface area contributed by atoms with E-state index in [9.17, 15) is 4.79 Å². The maximum atomic E-state index is 12.3. The van der Waals surface area contributed by atoms with Crippen molar-refractivity contribution in [2.45, 2.75) is 44.9 Å². The number of hydrogen-bond acceptors (Lipinski definition) is 5. The summed E-state index contributed by atoms with van der Waals surface area (Å²) in [7, 11) is 0. The zero-order valence-electron chi connectivity index (χ0n) is 14.6. The quantitative estimate of drug-likeness (QED) is 0.831. The number of amides is 1. The Kier molecular flexibility index (Phi) is 5.78. The largest absolute Gasteiger partial charge is 0.376 e. The first kappa shape index (κ1) is 17.6. The lowest BCUT2D eigenvalue weighted by Crippen LogP contribution is -2.37. The van der Waals surface area contributed by atoms with Gasteiger partial charge in [-0.3, -0.25) is 4.79 Å². The second-order valence-electron chi connectivity index (χ2n) is 6.27. The summed E-state index contributed by atoms with van der Waals surface area (Å²) in [5.74, 6) is -0.120. The Hall–Kier alpha value is -2.25. The Bertz CT molecular complexity index is 666. The molecule has 0 saturated carbocycles. The van der Waals surface area contributed by atoms with Crippen LogP contribution in [0, 0.1) is 0 Å². The third-order valence-corrected chi connectivity index (χ3v) is 4.36. The highest BCUT2D eigenvalue weighted by Crippen LogP contribution is 2.16. The monoisotopic (exact) mass is 344 g/mol. The summed E-state index contributed by atoms with van der Waals surface area (Å²) in [6.07, 6.45) is 4.83. The molecule has 0 unspecified atom stereocenters. The third-order valence-electron chi connectivity index (χ3n) is 4.36. The number of hydrogen-bond donors (Lipinski definition) is 1. The molecule has 0 radical (unpaired) electrons. The predicted molar refractivity (Wildman–Crippen MR) is 92.3 cm³/mol. The van der Waals surface area contributed by atoms with Gasteiger partial charge in [-0.05, 0) is 44.4 Å². The van der Waals surface area contributed by atoms with Gasteiger partial charge < -0.3 is 14.8 Å². The molecule has 1 N–H and O–H groups in total. The van der Waals surface area contributed by atoms with Gasteiger partial charge in [-0.1, -0.05) is 12.1 Å². The molecule has 1 saturated heterocycles. The van der Waals surface area contributed by atoms with Gasteiger partial charge in [0.25, 0.3) is 0 Å². The van der Waals surface area contributed by atoms with Gasteiger partial charge in [0.05, 0.1) is 24.4 Å². The number of nitrogens with zero attached hydrogens (tertiary/aromatic N) is 3. The molecule has 7 nitrogen and oxygen atoms in total. The maximum absolute atomic E-state index is 12.3. The minimum absolute atomic E-state index is 0.105. The fraction of sp³-hybridized carbons (Fsp3) is 0.500. The lowest BCUT2D eigenvalue weighted by Gasteiger charge is -2.20. The van der Waals surface area contributed by atoms with Gasteiger partial charge in [-0.25, -0.2) is 9.67 Å². The van der Waals surface area contributed by atoms with Gasteiger partial charge in [-0.15, -0.1) is 0 Å². The Morgan fingerprint density at radius 3 is 2.84 bits per heavy atom. The van der Waals surface area contributed by atoms with E-state index in [0.717, 1.165) is 30.7 Å². The van der Waals surface area contributed by atoms with E-state index < -0.39 is 6.10 Å². The third kappa shape index (κ3) is 4.64. The zero-order valence-corrected chi connectivity index (χ0v) is 14.6. The van der Waals surface area contributed by atoms with Gasteiger partial charge in [0, 0.05) is 6.61 Å². The molecule has 134 valence electrons. The molecule has 1 aliphatic heterocycles. The lowest BCUT2D eigenvalue weighted by molar-refractivity contribution is -0.134. The van der Waals surface area contributed by atoms with Gasteiger partial charge in [0.2, 0.25) is 5.91 Å². The van der Waals surface area contributed by atoms with Crippen LogP contribution < -0.4 is 5.32 Å². The first-order valence-corrected chi connectivity index (χ1v) is 8.62. The minimum atomic E-state index is -0.499. The van der Waals surface area contributed by atoms with Crippen LogP contribution in [-0.4, -0.2) is 46.1 Å². The molecule has 2 aromatic rings. The number of nitrogens with one attached hydrogen (secondary N) is 1. The van der Waals surface area contributed by atoms with Crippen molar-refractivity contribution >= 4 is 5.91 Å². The van der Waals surface area contributed by atoms with E-state index in [1.807, 2.05) is 31.2 Å². The molecule has 7 heteroatoms. The van der Waals surface area contributed by atoms with Gasteiger partial charge >= 0.3 is 0 Å². The molecular formula is C18H24N4O3. The fourth-order valence-corrected chi connectivity index (χ4v) is 2.77. The van der Waals surface area contributed by atoms with Gasteiger partial charge in [0.15, 0.2) is 0 Å². The summed E-state index contributed by atoms with van der Waals surface area (Å²) in [5.41, 5.74) is 1.94. The SMILES string of the molecule is C[C@H](OC[C@@H]1CCCO1)C(=O)N[C@@H](C)c1ccc(-n2cncn2)cc1. The molecule has 3 rings (SSSR count). The number of rotatable bonds is 7. The molecule has 2 heterocycles. The van der Waals surface area contributed by atoms with E-state index in [-0.39, 0.29) is 18.1 Å². The van der Waals surface area contributed by atoms with Crippen molar-refractivity contribution in [1.29, 1.82) is 0 Å². The van der Waals surface area contributed by atoms with Crippen molar-refractivity contribution < 1.29 is 14.3 Å². The van der Waals surface area contributed by atoms with E-state index in [1.165, 1.54) is 6.33 Å². The summed E-state index contributed by atoms with van der Waals surface area (Å²) in [4.78, 5) is 16.2. The Morgan fingerprint density at radius 1 is 1.40 bits per heavy atom. The molecule has 1 aromatic heterocycles. The Balaban J connectivity index is 1.50. The number of aromatic nitrogens is 3. The molecule has 3 atom stereocenters. The van der Waals surface area contributed by atoms with Crippen LogP contribution in [0.4, 0.5) is 0 Å². The molecule has 0 bridgehead atoms.